The minimum absolute atomic E-state index is 0.0988. The summed E-state index contributed by atoms with van der Waals surface area (Å²) in [7, 11) is 0. The Hall–Kier alpha value is -2.57. The van der Waals surface area contributed by atoms with Crippen LogP contribution < -0.4 is 16.0 Å². The number of nitrogens with one attached hydrogen (secondary N) is 3. The molecule has 0 atom stereocenters. The third-order valence-electron chi connectivity index (χ3n) is 5.06. The molecule has 4 N–H and O–H groups in total. The maximum atomic E-state index is 12.0. The van der Waals surface area contributed by atoms with Crippen LogP contribution in [0.3, 0.4) is 0 Å². The fraction of sp³-hybridized carbons (Fsp3) is 0.571. The normalized spacial score (nSPS) is 14.3. The SMILES string of the molecule is Cc1ccc(NC(=O)CCCCCNC(=O)NC2CCCCC2)cc1C(=O)O. The highest BCUT2D eigenvalue weighted by atomic mass is 16.4. The molecular formula is C21H31N3O4. The topological polar surface area (TPSA) is 108 Å². The van der Waals surface area contributed by atoms with E-state index in [1.807, 2.05) is 0 Å². The average molecular weight is 389 g/mol. The Balaban J connectivity index is 1.57. The van der Waals surface area contributed by atoms with Gasteiger partial charge in [0, 0.05) is 24.7 Å². The molecule has 7 heteroatoms. The van der Waals surface area contributed by atoms with Gasteiger partial charge in [0.2, 0.25) is 5.91 Å². The van der Waals surface area contributed by atoms with Crippen molar-refractivity contribution < 1.29 is 19.5 Å². The highest BCUT2D eigenvalue weighted by molar-refractivity contribution is 5.94. The lowest BCUT2D eigenvalue weighted by Crippen LogP contribution is -2.43. The lowest BCUT2D eigenvalue weighted by Gasteiger charge is -2.22. The van der Waals surface area contributed by atoms with E-state index in [0.717, 1.165) is 32.1 Å². The Morgan fingerprint density at radius 1 is 1.07 bits per heavy atom. The number of hydrogen-bond acceptors (Lipinski definition) is 3. The van der Waals surface area contributed by atoms with Gasteiger partial charge in [-0.3, -0.25) is 4.79 Å². The van der Waals surface area contributed by atoms with Gasteiger partial charge in [-0.05, 0) is 50.3 Å². The van der Waals surface area contributed by atoms with Crippen LogP contribution in [0.25, 0.3) is 0 Å². The average Bonchev–Trinajstić information content (AvgIpc) is 2.66. The molecule has 2 rings (SSSR count). The smallest absolute Gasteiger partial charge is 0.336 e. The number of carboxylic acid groups (broad SMARTS) is 1. The Bertz CT molecular complexity index is 684. The maximum Gasteiger partial charge on any atom is 0.336 e. The number of anilines is 1. The van der Waals surface area contributed by atoms with Crippen LogP contribution >= 0.6 is 0 Å². The van der Waals surface area contributed by atoms with Crippen LogP contribution in [0.4, 0.5) is 10.5 Å². The third kappa shape index (κ3) is 7.58. The van der Waals surface area contributed by atoms with Crippen LogP contribution in [0, 0.1) is 6.92 Å². The first-order valence-corrected chi connectivity index (χ1v) is 10.1. The second kappa shape index (κ2) is 11.3. The molecule has 0 bridgehead atoms. The van der Waals surface area contributed by atoms with Crippen LogP contribution in [0.2, 0.25) is 0 Å². The van der Waals surface area contributed by atoms with Crippen LogP contribution in [-0.4, -0.2) is 35.6 Å². The largest absolute Gasteiger partial charge is 0.478 e. The second-order valence-corrected chi connectivity index (χ2v) is 7.43. The second-order valence-electron chi connectivity index (χ2n) is 7.43. The van der Waals surface area contributed by atoms with Gasteiger partial charge in [0.05, 0.1) is 5.56 Å². The summed E-state index contributed by atoms with van der Waals surface area (Å²) in [6.45, 7) is 2.32. The fourth-order valence-corrected chi connectivity index (χ4v) is 3.43. The Morgan fingerprint density at radius 3 is 2.54 bits per heavy atom. The van der Waals surface area contributed by atoms with E-state index in [9.17, 15) is 14.4 Å². The van der Waals surface area contributed by atoms with Crippen LogP contribution in [0.5, 0.6) is 0 Å². The summed E-state index contributed by atoms with van der Waals surface area (Å²) in [5.74, 6) is -1.14. The van der Waals surface area contributed by atoms with Crippen LogP contribution in [0.15, 0.2) is 18.2 Å². The monoisotopic (exact) mass is 389 g/mol. The zero-order chi connectivity index (χ0) is 20.4. The molecule has 0 spiro atoms. The fourth-order valence-electron chi connectivity index (χ4n) is 3.43. The predicted octanol–water partition coefficient (Wildman–Crippen LogP) is 3.82. The van der Waals surface area contributed by atoms with E-state index in [0.29, 0.717) is 30.3 Å². The molecule has 154 valence electrons. The summed E-state index contributed by atoms with van der Waals surface area (Å²) in [5, 5.41) is 17.8. The predicted molar refractivity (Wildman–Crippen MR) is 109 cm³/mol. The van der Waals surface area contributed by atoms with Gasteiger partial charge in [0.15, 0.2) is 0 Å². The summed E-state index contributed by atoms with van der Waals surface area (Å²) in [6, 6.07) is 5.07. The number of rotatable bonds is 9. The zero-order valence-corrected chi connectivity index (χ0v) is 16.6. The van der Waals surface area contributed by atoms with E-state index in [1.54, 1.807) is 19.1 Å². The molecular weight excluding hydrogens is 358 g/mol. The number of aryl methyl sites for hydroxylation is 1. The van der Waals surface area contributed by atoms with Gasteiger partial charge in [0.1, 0.15) is 0 Å². The molecule has 0 radical (unpaired) electrons. The van der Waals surface area contributed by atoms with Crippen molar-refractivity contribution in [2.75, 3.05) is 11.9 Å². The van der Waals surface area contributed by atoms with E-state index >= 15 is 0 Å². The molecule has 0 heterocycles. The molecule has 3 amide bonds. The molecule has 1 aliphatic rings. The molecule has 1 fully saturated rings. The highest BCUT2D eigenvalue weighted by Crippen LogP contribution is 2.17. The number of amides is 3. The summed E-state index contributed by atoms with van der Waals surface area (Å²) in [5.41, 5.74) is 1.34. The standard InChI is InChI=1S/C21H31N3O4/c1-15-11-12-17(14-18(15)20(26)27)23-19(25)10-6-3-7-13-22-21(28)24-16-8-4-2-5-9-16/h11-12,14,16H,2-10,13H2,1H3,(H,23,25)(H,26,27)(H2,22,24,28). The van der Waals surface area contributed by atoms with E-state index in [1.165, 1.54) is 25.3 Å². The van der Waals surface area contributed by atoms with Gasteiger partial charge in [0.25, 0.3) is 0 Å². The third-order valence-corrected chi connectivity index (χ3v) is 5.06. The van der Waals surface area contributed by atoms with E-state index < -0.39 is 5.97 Å². The molecule has 0 aromatic heterocycles. The Kier molecular flexibility index (Phi) is 8.78. The van der Waals surface area contributed by atoms with E-state index in [2.05, 4.69) is 16.0 Å². The molecule has 0 unspecified atom stereocenters. The molecule has 0 aliphatic heterocycles. The summed E-state index contributed by atoms with van der Waals surface area (Å²) in [6.07, 6.45) is 8.51. The van der Waals surface area contributed by atoms with Crippen molar-refractivity contribution in [3.8, 4) is 0 Å². The lowest BCUT2D eigenvalue weighted by atomic mass is 9.96. The molecule has 1 saturated carbocycles. The van der Waals surface area contributed by atoms with Crippen molar-refractivity contribution in [2.24, 2.45) is 0 Å². The van der Waals surface area contributed by atoms with Crippen molar-refractivity contribution >= 4 is 23.6 Å². The van der Waals surface area contributed by atoms with Gasteiger partial charge in [-0.2, -0.15) is 0 Å². The molecule has 1 aromatic carbocycles. The van der Waals surface area contributed by atoms with Crippen molar-refractivity contribution in [2.45, 2.75) is 70.8 Å². The van der Waals surface area contributed by atoms with Gasteiger partial charge in [-0.15, -0.1) is 0 Å². The van der Waals surface area contributed by atoms with Gasteiger partial charge in [-0.1, -0.05) is 31.7 Å². The summed E-state index contributed by atoms with van der Waals surface area (Å²) in [4.78, 5) is 35.0. The molecule has 28 heavy (non-hydrogen) atoms. The number of benzene rings is 1. The number of carbonyl (C=O) groups is 3. The first-order valence-electron chi connectivity index (χ1n) is 10.1. The minimum atomic E-state index is -1.01. The highest BCUT2D eigenvalue weighted by Gasteiger charge is 2.15. The van der Waals surface area contributed by atoms with E-state index in [4.69, 9.17) is 5.11 Å². The molecule has 1 aliphatic carbocycles. The van der Waals surface area contributed by atoms with Gasteiger partial charge >= 0.3 is 12.0 Å². The zero-order valence-electron chi connectivity index (χ0n) is 16.6. The number of unbranched alkanes of at least 4 members (excludes halogenated alkanes) is 2. The number of carboxylic acids is 1. The van der Waals surface area contributed by atoms with Crippen LogP contribution in [0.1, 0.15) is 73.7 Å². The lowest BCUT2D eigenvalue weighted by molar-refractivity contribution is -0.116. The van der Waals surface area contributed by atoms with Crippen molar-refractivity contribution in [1.82, 2.24) is 10.6 Å². The van der Waals surface area contributed by atoms with Crippen LogP contribution in [-0.2, 0) is 4.79 Å². The van der Waals surface area contributed by atoms with Crippen molar-refractivity contribution in [1.29, 1.82) is 0 Å². The number of aromatic carboxylic acids is 1. The quantitative estimate of drug-likeness (QED) is 0.482. The number of hydrogen-bond donors (Lipinski definition) is 4. The van der Waals surface area contributed by atoms with Gasteiger partial charge < -0.3 is 21.1 Å². The number of urea groups is 1. The Morgan fingerprint density at radius 2 is 1.82 bits per heavy atom. The van der Waals surface area contributed by atoms with Gasteiger partial charge in [-0.25, -0.2) is 9.59 Å². The molecule has 7 nitrogen and oxygen atoms in total. The number of carbonyl (C=O) groups excluding carboxylic acids is 2. The Labute approximate surface area is 166 Å². The van der Waals surface area contributed by atoms with E-state index in [-0.39, 0.29) is 17.5 Å². The van der Waals surface area contributed by atoms with Crippen molar-refractivity contribution in [3.63, 3.8) is 0 Å². The summed E-state index contributed by atoms with van der Waals surface area (Å²) >= 11 is 0. The van der Waals surface area contributed by atoms with Crippen molar-refractivity contribution in [3.05, 3.63) is 29.3 Å². The first kappa shape index (κ1) is 21.7. The molecule has 0 saturated heterocycles. The summed E-state index contributed by atoms with van der Waals surface area (Å²) < 4.78 is 0. The maximum absolute atomic E-state index is 12.0. The first-order chi connectivity index (χ1) is 13.5. The molecule has 1 aromatic rings. The minimum Gasteiger partial charge on any atom is -0.478 e.